The maximum absolute atomic E-state index is 13.4. The SMILES string of the molecule is CCOc1cccc(C(C)NC(=O)NCCc2c[nH]c3ccc(F)cc23)c1. The molecule has 1 aromatic heterocycles. The molecule has 0 aliphatic carbocycles. The Morgan fingerprint density at radius 2 is 2.11 bits per heavy atom. The van der Waals surface area contributed by atoms with Crippen LogP contribution in [-0.2, 0) is 6.42 Å². The predicted octanol–water partition coefficient (Wildman–Crippen LogP) is 4.31. The molecule has 3 aromatic rings. The van der Waals surface area contributed by atoms with E-state index >= 15 is 0 Å². The highest BCUT2D eigenvalue weighted by Crippen LogP contribution is 2.20. The average molecular weight is 369 g/mol. The van der Waals surface area contributed by atoms with Gasteiger partial charge in [0.1, 0.15) is 11.6 Å². The lowest BCUT2D eigenvalue weighted by molar-refractivity contribution is 0.238. The van der Waals surface area contributed by atoms with Gasteiger partial charge >= 0.3 is 6.03 Å². The molecule has 2 amide bonds. The van der Waals surface area contributed by atoms with Crippen molar-refractivity contribution in [3.63, 3.8) is 0 Å². The third-order valence-corrected chi connectivity index (χ3v) is 4.43. The van der Waals surface area contributed by atoms with Crippen LogP contribution in [-0.4, -0.2) is 24.2 Å². The summed E-state index contributed by atoms with van der Waals surface area (Å²) in [5.41, 5.74) is 2.84. The van der Waals surface area contributed by atoms with Gasteiger partial charge in [0.2, 0.25) is 0 Å². The van der Waals surface area contributed by atoms with E-state index in [9.17, 15) is 9.18 Å². The summed E-state index contributed by atoms with van der Waals surface area (Å²) in [6.45, 7) is 4.92. The topological polar surface area (TPSA) is 66.2 Å². The van der Waals surface area contributed by atoms with Crippen LogP contribution < -0.4 is 15.4 Å². The molecule has 6 heteroatoms. The number of H-pyrrole nitrogens is 1. The largest absolute Gasteiger partial charge is 0.494 e. The number of nitrogens with one attached hydrogen (secondary N) is 3. The van der Waals surface area contributed by atoms with Crippen molar-refractivity contribution in [2.75, 3.05) is 13.2 Å². The fraction of sp³-hybridized carbons (Fsp3) is 0.286. The molecule has 0 aliphatic rings. The molecule has 0 saturated heterocycles. The van der Waals surface area contributed by atoms with Gasteiger partial charge in [0.15, 0.2) is 0 Å². The van der Waals surface area contributed by atoms with Gasteiger partial charge in [0.25, 0.3) is 0 Å². The second-order valence-electron chi connectivity index (χ2n) is 6.38. The van der Waals surface area contributed by atoms with E-state index < -0.39 is 0 Å². The van der Waals surface area contributed by atoms with E-state index in [0.29, 0.717) is 19.6 Å². The Kier molecular flexibility index (Phi) is 5.96. The van der Waals surface area contributed by atoms with Crippen LogP contribution in [0.15, 0.2) is 48.7 Å². The minimum absolute atomic E-state index is 0.146. The lowest BCUT2D eigenvalue weighted by atomic mass is 10.1. The minimum atomic E-state index is -0.267. The summed E-state index contributed by atoms with van der Waals surface area (Å²) in [6.07, 6.45) is 2.47. The van der Waals surface area contributed by atoms with E-state index in [1.807, 2.05) is 44.3 Å². The number of aromatic nitrogens is 1. The molecule has 2 aromatic carbocycles. The summed E-state index contributed by atoms with van der Waals surface area (Å²) in [5.74, 6) is 0.521. The molecule has 142 valence electrons. The zero-order chi connectivity index (χ0) is 19.2. The fourth-order valence-corrected chi connectivity index (χ4v) is 3.04. The van der Waals surface area contributed by atoms with E-state index in [1.54, 1.807) is 6.07 Å². The quantitative estimate of drug-likeness (QED) is 0.581. The Balaban J connectivity index is 1.52. The molecule has 3 N–H and O–H groups in total. The van der Waals surface area contributed by atoms with Crippen LogP contribution in [0.5, 0.6) is 5.75 Å². The summed E-state index contributed by atoms with van der Waals surface area (Å²) in [5, 5.41) is 6.62. The first kappa shape index (κ1) is 18.8. The number of carbonyl (C=O) groups excluding carboxylic acids is 1. The molecule has 0 bridgehead atoms. The van der Waals surface area contributed by atoms with Gasteiger partial charge in [-0.1, -0.05) is 12.1 Å². The Morgan fingerprint density at radius 1 is 1.26 bits per heavy atom. The number of hydrogen-bond donors (Lipinski definition) is 3. The number of aromatic amines is 1. The monoisotopic (exact) mass is 369 g/mol. The average Bonchev–Trinajstić information content (AvgIpc) is 3.04. The predicted molar refractivity (Wildman–Crippen MR) is 105 cm³/mol. The Hall–Kier alpha value is -3.02. The molecule has 5 nitrogen and oxygen atoms in total. The van der Waals surface area contributed by atoms with Gasteiger partial charge in [0, 0.05) is 23.6 Å². The standard InChI is InChI=1S/C21H24FN3O2/c1-3-27-18-6-4-5-15(11-18)14(2)25-21(26)23-10-9-16-13-24-20-8-7-17(22)12-19(16)20/h4-8,11-14,24H,3,9-10H2,1-2H3,(H2,23,25,26). The molecular weight excluding hydrogens is 345 g/mol. The number of hydrogen-bond acceptors (Lipinski definition) is 2. The van der Waals surface area contributed by atoms with E-state index in [0.717, 1.165) is 27.8 Å². The van der Waals surface area contributed by atoms with Crippen molar-refractivity contribution in [2.24, 2.45) is 0 Å². The van der Waals surface area contributed by atoms with Gasteiger partial charge in [-0.25, -0.2) is 9.18 Å². The first-order chi connectivity index (χ1) is 13.1. The highest BCUT2D eigenvalue weighted by atomic mass is 19.1. The number of carbonyl (C=O) groups is 1. The van der Waals surface area contributed by atoms with E-state index in [1.165, 1.54) is 12.1 Å². The third kappa shape index (κ3) is 4.78. The number of ether oxygens (including phenoxy) is 1. The first-order valence-corrected chi connectivity index (χ1v) is 9.09. The first-order valence-electron chi connectivity index (χ1n) is 9.09. The molecule has 0 spiro atoms. The maximum Gasteiger partial charge on any atom is 0.315 e. The highest BCUT2D eigenvalue weighted by Gasteiger charge is 2.11. The molecule has 0 fully saturated rings. The fourth-order valence-electron chi connectivity index (χ4n) is 3.04. The zero-order valence-electron chi connectivity index (χ0n) is 15.5. The molecule has 1 atom stereocenters. The molecule has 0 aliphatic heterocycles. The van der Waals surface area contributed by atoms with E-state index in [-0.39, 0.29) is 17.9 Å². The van der Waals surface area contributed by atoms with Crippen molar-refractivity contribution in [1.82, 2.24) is 15.6 Å². The summed E-state index contributed by atoms with van der Waals surface area (Å²) in [6, 6.07) is 11.9. The summed E-state index contributed by atoms with van der Waals surface area (Å²) in [7, 11) is 0. The third-order valence-electron chi connectivity index (χ3n) is 4.43. The van der Waals surface area contributed by atoms with E-state index in [2.05, 4.69) is 15.6 Å². The number of halogens is 1. The second-order valence-corrected chi connectivity index (χ2v) is 6.38. The van der Waals surface area contributed by atoms with Crippen molar-refractivity contribution in [1.29, 1.82) is 0 Å². The van der Waals surface area contributed by atoms with Gasteiger partial charge in [-0.05, 0) is 61.7 Å². The smallest absolute Gasteiger partial charge is 0.315 e. The molecule has 3 rings (SSSR count). The van der Waals surface area contributed by atoms with Gasteiger partial charge in [0.05, 0.1) is 12.6 Å². The van der Waals surface area contributed by atoms with Crippen LogP contribution in [0, 0.1) is 5.82 Å². The second kappa shape index (κ2) is 8.58. The highest BCUT2D eigenvalue weighted by molar-refractivity contribution is 5.83. The molecule has 1 unspecified atom stereocenters. The normalized spacial score (nSPS) is 12.0. The van der Waals surface area contributed by atoms with Gasteiger partial charge < -0.3 is 20.4 Å². The molecule has 27 heavy (non-hydrogen) atoms. The van der Waals surface area contributed by atoms with Crippen molar-refractivity contribution in [2.45, 2.75) is 26.3 Å². The van der Waals surface area contributed by atoms with Crippen LogP contribution in [0.4, 0.5) is 9.18 Å². The molecule has 0 radical (unpaired) electrons. The summed E-state index contributed by atoms with van der Waals surface area (Å²) in [4.78, 5) is 15.3. The zero-order valence-corrected chi connectivity index (χ0v) is 15.5. The number of rotatable bonds is 7. The summed E-state index contributed by atoms with van der Waals surface area (Å²) < 4.78 is 18.9. The van der Waals surface area contributed by atoms with Crippen LogP contribution in [0.25, 0.3) is 10.9 Å². The van der Waals surface area contributed by atoms with Crippen LogP contribution >= 0.6 is 0 Å². The van der Waals surface area contributed by atoms with Crippen LogP contribution in [0.1, 0.15) is 31.0 Å². The minimum Gasteiger partial charge on any atom is -0.494 e. The van der Waals surface area contributed by atoms with Crippen LogP contribution in [0.2, 0.25) is 0 Å². The number of fused-ring (bicyclic) bond motifs is 1. The van der Waals surface area contributed by atoms with Crippen LogP contribution in [0.3, 0.4) is 0 Å². The van der Waals surface area contributed by atoms with Crippen molar-refractivity contribution in [3.05, 3.63) is 65.6 Å². The van der Waals surface area contributed by atoms with E-state index in [4.69, 9.17) is 4.74 Å². The van der Waals surface area contributed by atoms with Crippen molar-refractivity contribution in [3.8, 4) is 5.75 Å². The lowest BCUT2D eigenvalue weighted by Crippen LogP contribution is -2.38. The van der Waals surface area contributed by atoms with Crippen molar-refractivity contribution < 1.29 is 13.9 Å². The van der Waals surface area contributed by atoms with Crippen molar-refractivity contribution >= 4 is 16.9 Å². The van der Waals surface area contributed by atoms with Gasteiger partial charge in [-0.2, -0.15) is 0 Å². The Labute approximate surface area is 157 Å². The van der Waals surface area contributed by atoms with Gasteiger partial charge in [-0.15, -0.1) is 0 Å². The number of benzene rings is 2. The number of amides is 2. The Bertz CT molecular complexity index is 923. The Morgan fingerprint density at radius 3 is 2.93 bits per heavy atom. The summed E-state index contributed by atoms with van der Waals surface area (Å²) >= 11 is 0. The molecular formula is C21H24FN3O2. The lowest BCUT2D eigenvalue weighted by Gasteiger charge is -2.16. The molecule has 0 saturated carbocycles. The maximum atomic E-state index is 13.4. The van der Waals surface area contributed by atoms with Gasteiger partial charge in [-0.3, -0.25) is 0 Å². The molecule has 1 heterocycles. The number of urea groups is 1.